The highest BCUT2D eigenvalue weighted by Gasteiger charge is 2.22. The van der Waals surface area contributed by atoms with Crippen molar-refractivity contribution in [2.24, 2.45) is 0 Å². The van der Waals surface area contributed by atoms with Gasteiger partial charge in [0.15, 0.2) is 5.82 Å². The summed E-state index contributed by atoms with van der Waals surface area (Å²) in [5.41, 5.74) is 0. The lowest BCUT2D eigenvalue weighted by atomic mass is 10.0. The number of likely N-dealkylation sites (tertiary alicyclic amines) is 1. The van der Waals surface area contributed by atoms with E-state index in [1.807, 2.05) is 0 Å². The van der Waals surface area contributed by atoms with Crippen LogP contribution in [0.5, 0.6) is 0 Å². The first-order valence-corrected chi connectivity index (χ1v) is 6.82. The number of piperidine rings is 1. The molecule has 2 unspecified atom stereocenters. The minimum Gasteiger partial charge on any atom is -0.340 e. The summed E-state index contributed by atoms with van der Waals surface area (Å²) in [6.07, 6.45) is 2.88. The summed E-state index contributed by atoms with van der Waals surface area (Å²) in [5.74, 6) is 1.37. The van der Waals surface area contributed by atoms with E-state index in [4.69, 9.17) is 9.78 Å². The minimum absolute atomic E-state index is 0.252. The van der Waals surface area contributed by atoms with Crippen molar-refractivity contribution in [2.45, 2.75) is 51.7 Å². The second-order valence-corrected chi connectivity index (χ2v) is 5.23. The van der Waals surface area contributed by atoms with Gasteiger partial charge in [-0.2, -0.15) is 10.2 Å². The van der Waals surface area contributed by atoms with E-state index in [9.17, 15) is 0 Å². The molecule has 0 aromatic carbocycles. The molecule has 6 nitrogen and oxygen atoms in total. The average Bonchev–Trinajstić information content (AvgIpc) is 2.75. The van der Waals surface area contributed by atoms with Crippen molar-refractivity contribution in [1.82, 2.24) is 20.4 Å². The number of nitrogens with one attached hydrogen (secondary N) is 1. The lowest BCUT2D eigenvalue weighted by Gasteiger charge is -2.33. The molecular weight excluding hydrogens is 242 g/mol. The van der Waals surface area contributed by atoms with Crippen LogP contribution in [0.15, 0.2) is 4.52 Å². The number of aryl methyl sites for hydroxylation is 1. The molecule has 1 aromatic rings. The summed E-state index contributed by atoms with van der Waals surface area (Å²) in [7, 11) is 0. The average molecular weight is 263 g/mol. The highest BCUT2D eigenvalue weighted by Crippen LogP contribution is 2.13. The van der Waals surface area contributed by atoms with Crippen LogP contribution in [0.25, 0.3) is 0 Å². The van der Waals surface area contributed by atoms with E-state index < -0.39 is 0 Å². The van der Waals surface area contributed by atoms with Gasteiger partial charge in [-0.15, -0.1) is 0 Å². The monoisotopic (exact) mass is 263 g/mol. The van der Waals surface area contributed by atoms with Crippen LogP contribution in [0, 0.1) is 18.3 Å². The lowest BCUT2D eigenvalue weighted by molar-refractivity contribution is 0.172. The molecule has 0 radical (unpaired) electrons. The van der Waals surface area contributed by atoms with Gasteiger partial charge in [0.1, 0.15) is 0 Å². The highest BCUT2D eigenvalue weighted by molar-refractivity contribution is 4.88. The Morgan fingerprint density at radius 3 is 3.16 bits per heavy atom. The highest BCUT2D eigenvalue weighted by atomic mass is 16.5. The van der Waals surface area contributed by atoms with Crippen LogP contribution in [0.2, 0.25) is 0 Å². The van der Waals surface area contributed by atoms with E-state index in [0.29, 0.717) is 18.4 Å². The number of rotatable bonds is 5. The van der Waals surface area contributed by atoms with Gasteiger partial charge in [-0.3, -0.25) is 4.90 Å². The molecule has 104 valence electrons. The van der Waals surface area contributed by atoms with Crippen LogP contribution in [-0.4, -0.2) is 40.2 Å². The summed E-state index contributed by atoms with van der Waals surface area (Å²) < 4.78 is 4.99. The van der Waals surface area contributed by atoms with Crippen molar-refractivity contribution in [3.05, 3.63) is 11.7 Å². The summed E-state index contributed by atoms with van der Waals surface area (Å²) in [5, 5.41) is 16.1. The molecule has 6 heteroatoms. The quantitative estimate of drug-likeness (QED) is 0.861. The molecule has 1 aromatic heterocycles. The maximum Gasteiger partial charge on any atom is 0.223 e. The van der Waals surface area contributed by atoms with Crippen LogP contribution in [0.1, 0.15) is 37.9 Å². The van der Waals surface area contributed by atoms with Crippen molar-refractivity contribution in [3.63, 3.8) is 0 Å². The summed E-state index contributed by atoms with van der Waals surface area (Å²) in [6.45, 7) is 6.65. The molecule has 2 rings (SSSR count). The minimum atomic E-state index is 0.252. The first-order chi connectivity index (χ1) is 9.17. The Balaban J connectivity index is 1.82. The first-order valence-electron chi connectivity index (χ1n) is 6.82. The van der Waals surface area contributed by atoms with Crippen molar-refractivity contribution in [3.8, 4) is 6.07 Å². The van der Waals surface area contributed by atoms with Gasteiger partial charge in [0.05, 0.1) is 19.0 Å². The van der Waals surface area contributed by atoms with Gasteiger partial charge >= 0.3 is 0 Å². The fourth-order valence-electron chi connectivity index (χ4n) is 2.54. The number of aromatic nitrogens is 2. The van der Waals surface area contributed by atoms with E-state index >= 15 is 0 Å². The molecule has 0 amide bonds. The number of hydrogen-bond acceptors (Lipinski definition) is 6. The Bertz CT molecular complexity index is 438. The van der Waals surface area contributed by atoms with Crippen LogP contribution in [0.3, 0.4) is 0 Å². The van der Waals surface area contributed by atoms with Gasteiger partial charge in [0, 0.05) is 25.6 Å². The Hall–Kier alpha value is -1.45. The zero-order valence-electron chi connectivity index (χ0n) is 11.6. The third kappa shape index (κ3) is 4.30. The van der Waals surface area contributed by atoms with Crippen LogP contribution in [-0.2, 0) is 6.54 Å². The molecule has 1 fully saturated rings. The van der Waals surface area contributed by atoms with Crippen molar-refractivity contribution < 1.29 is 4.52 Å². The summed E-state index contributed by atoms with van der Waals surface area (Å²) in [6, 6.07) is 2.90. The molecule has 19 heavy (non-hydrogen) atoms. The molecule has 0 saturated carbocycles. The van der Waals surface area contributed by atoms with E-state index in [0.717, 1.165) is 38.3 Å². The van der Waals surface area contributed by atoms with Gasteiger partial charge in [-0.25, -0.2) is 0 Å². The number of nitriles is 1. The molecular formula is C13H21N5O. The van der Waals surface area contributed by atoms with E-state index in [1.165, 1.54) is 0 Å². The van der Waals surface area contributed by atoms with Crippen LogP contribution in [0.4, 0.5) is 0 Å². The smallest absolute Gasteiger partial charge is 0.223 e. The first kappa shape index (κ1) is 14.0. The molecule has 1 N–H and O–H groups in total. The third-order valence-electron chi connectivity index (χ3n) is 3.36. The van der Waals surface area contributed by atoms with Gasteiger partial charge in [0.25, 0.3) is 0 Å². The maximum atomic E-state index is 8.69. The fraction of sp³-hybridized carbons (Fsp3) is 0.769. The Morgan fingerprint density at radius 1 is 1.63 bits per heavy atom. The largest absolute Gasteiger partial charge is 0.340 e. The van der Waals surface area contributed by atoms with E-state index in [1.54, 1.807) is 6.92 Å². The fourth-order valence-corrected chi connectivity index (χ4v) is 2.54. The Morgan fingerprint density at radius 2 is 2.47 bits per heavy atom. The SMILES string of the molecule is Cc1nc(CN2CCCC(NC(C)CC#N)C2)no1. The zero-order chi connectivity index (χ0) is 13.7. The van der Waals surface area contributed by atoms with Gasteiger partial charge in [0.2, 0.25) is 5.89 Å². The number of hydrogen-bond donors (Lipinski definition) is 1. The standard InChI is InChI=1S/C13H21N5O/c1-10(5-6-14)15-12-4-3-7-18(8-12)9-13-16-11(2)19-17-13/h10,12,15H,3-5,7-9H2,1-2H3. The molecule has 1 saturated heterocycles. The molecule has 2 heterocycles. The summed E-state index contributed by atoms with van der Waals surface area (Å²) in [4.78, 5) is 6.58. The van der Waals surface area contributed by atoms with Gasteiger partial charge in [-0.1, -0.05) is 5.16 Å². The zero-order valence-corrected chi connectivity index (χ0v) is 11.6. The molecule has 0 spiro atoms. The summed E-state index contributed by atoms with van der Waals surface area (Å²) >= 11 is 0. The van der Waals surface area contributed by atoms with E-state index in [2.05, 4.69) is 33.4 Å². The Labute approximate surface area is 113 Å². The molecule has 1 aliphatic heterocycles. The third-order valence-corrected chi connectivity index (χ3v) is 3.36. The van der Waals surface area contributed by atoms with Crippen molar-refractivity contribution >= 4 is 0 Å². The maximum absolute atomic E-state index is 8.69. The molecule has 1 aliphatic rings. The Kier molecular flexibility index (Phi) is 4.88. The van der Waals surface area contributed by atoms with E-state index in [-0.39, 0.29) is 6.04 Å². The van der Waals surface area contributed by atoms with Crippen LogP contribution >= 0.6 is 0 Å². The van der Waals surface area contributed by atoms with Crippen molar-refractivity contribution in [2.75, 3.05) is 13.1 Å². The molecule has 0 aliphatic carbocycles. The second-order valence-electron chi connectivity index (χ2n) is 5.23. The van der Waals surface area contributed by atoms with Gasteiger partial charge < -0.3 is 9.84 Å². The van der Waals surface area contributed by atoms with Gasteiger partial charge in [-0.05, 0) is 26.3 Å². The lowest BCUT2D eigenvalue weighted by Crippen LogP contribution is -2.48. The van der Waals surface area contributed by atoms with Crippen LogP contribution < -0.4 is 5.32 Å². The topological polar surface area (TPSA) is 78.0 Å². The number of nitrogens with zero attached hydrogens (tertiary/aromatic N) is 4. The predicted molar refractivity (Wildman–Crippen MR) is 70.2 cm³/mol. The molecule has 0 bridgehead atoms. The van der Waals surface area contributed by atoms with Crippen molar-refractivity contribution in [1.29, 1.82) is 5.26 Å². The predicted octanol–water partition coefficient (Wildman–Crippen LogP) is 1.23. The normalized spacial score (nSPS) is 22.1. The molecule has 2 atom stereocenters. The second kappa shape index (κ2) is 6.64.